The molecule has 82 valence electrons. The van der Waals surface area contributed by atoms with Crippen LogP contribution in [0.25, 0.3) is 0 Å². The van der Waals surface area contributed by atoms with E-state index in [-0.39, 0.29) is 6.04 Å². The van der Waals surface area contributed by atoms with Gasteiger partial charge in [0, 0.05) is 12.2 Å². The zero-order chi connectivity index (χ0) is 10.7. The molecule has 1 saturated heterocycles. The second-order valence-electron chi connectivity index (χ2n) is 4.42. The lowest BCUT2D eigenvalue weighted by Crippen LogP contribution is -2.35. The van der Waals surface area contributed by atoms with Crippen LogP contribution in [0.3, 0.4) is 0 Å². The quantitative estimate of drug-likeness (QED) is 0.794. The molecule has 2 heterocycles. The van der Waals surface area contributed by atoms with Crippen LogP contribution < -0.4 is 5.73 Å². The lowest BCUT2D eigenvalue weighted by molar-refractivity contribution is 0.198. The van der Waals surface area contributed by atoms with E-state index < -0.39 is 0 Å². The Morgan fingerprint density at radius 1 is 1.40 bits per heavy atom. The molecule has 1 aromatic heterocycles. The molecular weight excluding hydrogens is 186 g/mol. The van der Waals surface area contributed by atoms with E-state index >= 15 is 0 Å². The van der Waals surface area contributed by atoms with Crippen molar-refractivity contribution in [1.29, 1.82) is 0 Å². The summed E-state index contributed by atoms with van der Waals surface area (Å²) < 4.78 is 0. The average molecular weight is 205 g/mol. The van der Waals surface area contributed by atoms with E-state index in [0.717, 1.165) is 18.8 Å². The summed E-state index contributed by atoms with van der Waals surface area (Å²) in [6, 6.07) is 6.09. The van der Waals surface area contributed by atoms with Gasteiger partial charge in [-0.3, -0.25) is 4.98 Å². The summed E-state index contributed by atoms with van der Waals surface area (Å²) in [6.45, 7) is 2.32. The molecule has 1 atom stereocenters. The normalized spacial score (nSPS) is 21.5. The Labute approximate surface area is 91.3 Å². The van der Waals surface area contributed by atoms with Crippen LogP contribution >= 0.6 is 0 Å². The Kier molecular flexibility index (Phi) is 3.34. The number of nitrogens with two attached hydrogens (primary N) is 1. The molecule has 1 aromatic rings. The van der Waals surface area contributed by atoms with Gasteiger partial charge in [-0.05, 0) is 51.0 Å². The van der Waals surface area contributed by atoms with E-state index in [0.29, 0.717) is 5.92 Å². The highest BCUT2D eigenvalue weighted by Crippen LogP contribution is 2.27. The molecule has 0 aromatic carbocycles. The molecule has 0 bridgehead atoms. The van der Waals surface area contributed by atoms with Crippen LogP contribution in [0.2, 0.25) is 0 Å². The first-order valence-electron chi connectivity index (χ1n) is 5.62. The van der Waals surface area contributed by atoms with Gasteiger partial charge in [-0.15, -0.1) is 0 Å². The summed E-state index contributed by atoms with van der Waals surface area (Å²) in [7, 11) is 2.17. The molecule has 0 saturated carbocycles. The molecule has 2 N–H and O–H groups in total. The van der Waals surface area contributed by atoms with Crippen LogP contribution in [0.5, 0.6) is 0 Å². The summed E-state index contributed by atoms with van der Waals surface area (Å²) in [6.07, 6.45) is 4.20. The van der Waals surface area contributed by atoms with Crippen molar-refractivity contribution in [2.45, 2.75) is 18.9 Å². The fourth-order valence-electron chi connectivity index (χ4n) is 2.20. The SMILES string of the molecule is CN1CCC(C(N)c2ccccn2)CC1. The summed E-state index contributed by atoms with van der Waals surface area (Å²) in [5.74, 6) is 0.594. The molecular formula is C12H19N3. The molecule has 1 unspecified atom stereocenters. The number of rotatable bonds is 2. The van der Waals surface area contributed by atoms with Crippen LogP contribution in [0.1, 0.15) is 24.6 Å². The van der Waals surface area contributed by atoms with Crippen LogP contribution in [0.15, 0.2) is 24.4 Å². The van der Waals surface area contributed by atoms with Gasteiger partial charge in [0.1, 0.15) is 0 Å². The van der Waals surface area contributed by atoms with Crippen molar-refractivity contribution in [3.05, 3.63) is 30.1 Å². The van der Waals surface area contributed by atoms with Gasteiger partial charge in [0.15, 0.2) is 0 Å². The largest absolute Gasteiger partial charge is 0.322 e. The topological polar surface area (TPSA) is 42.1 Å². The Hall–Kier alpha value is -0.930. The monoisotopic (exact) mass is 205 g/mol. The Balaban J connectivity index is 1.99. The number of piperidine rings is 1. The number of likely N-dealkylation sites (tertiary alicyclic amines) is 1. The van der Waals surface area contributed by atoms with Crippen molar-refractivity contribution < 1.29 is 0 Å². The Morgan fingerprint density at radius 3 is 2.73 bits per heavy atom. The molecule has 1 aliphatic rings. The van der Waals surface area contributed by atoms with Gasteiger partial charge < -0.3 is 10.6 Å². The second kappa shape index (κ2) is 4.73. The van der Waals surface area contributed by atoms with Crippen molar-refractivity contribution in [2.24, 2.45) is 11.7 Å². The fraction of sp³-hybridized carbons (Fsp3) is 0.583. The number of nitrogens with zero attached hydrogens (tertiary/aromatic N) is 2. The minimum Gasteiger partial charge on any atom is -0.322 e. The summed E-state index contributed by atoms with van der Waals surface area (Å²) in [4.78, 5) is 6.70. The lowest BCUT2D eigenvalue weighted by atomic mass is 9.88. The highest BCUT2D eigenvalue weighted by atomic mass is 15.1. The third-order valence-corrected chi connectivity index (χ3v) is 3.30. The second-order valence-corrected chi connectivity index (χ2v) is 4.42. The highest BCUT2D eigenvalue weighted by Gasteiger charge is 2.24. The molecule has 1 aliphatic heterocycles. The van der Waals surface area contributed by atoms with Gasteiger partial charge >= 0.3 is 0 Å². The number of aromatic nitrogens is 1. The van der Waals surface area contributed by atoms with E-state index in [9.17, 15) is 0 Å². The summed E-state index contributed by atoms with van der Waals surface area (Å²) >= 11 is 0. The molecule has 2 rings (SSSR count). The third kappa shape index (κ3) is 2.55. The molecule has 0 amide bonds. The maximum atomic E-state index is 6.23. The van der Waals surface area contributed by atoms with Crippen molar-refractivity contribution in [3.63, 3.8) is 0 Å². The van der Waals surface area contributed by atoms with Crippen molar-refractivity contribution in [3.8, 4) is 0 Å². The van der Waals surface area contributed by atoms with Crippen LogP contribution in [-0.4, -0.2) is 30.0 Å². The zero-order valence-corrected chi connectivity index (χ0v) is 9.26. The van der Waals surface area contributed by atoms with Crippen LogP contribution in [0, 0.1) is 5.92 Å². The van der Waals surface area contributed by atoms with E-state index in [1.54, 1.807) is 0 Å². The van der Waals surface area contributed by atoms with Crippen LogP contribution in [0.4, 0.5) is 0 Å². The van der Waals surface area contributed by atoms with Gasteiger partial charge in [-0.25, -0.2) is 0 Å². The molecule has 0 radical (unpaired) electrons. The molecule has 0 spiro atoms. The van der Waals surface area contributed by atoms with E-state index in [2.05, 4.69) is 16.9 Å². The maximum absolute atomic E-state index is 6.23. The van der Waals surface area contributed by atoms with Crippen molar-refractivity contribution in [1.82, 2.24) is 9.88 Å². The van der Waals surface area contributed by atoms with Crippen molar-refractivity contribution in [2.75, 3.05) is 20.1 Å². The van der Waals surface area contributed by atoms with Gasteiger partial charge in [-0.1, -0.05) is 6.07 Å². The predicted octanol–water partition coefficient (Wildman–Crippen LogP) is 1.42. The molecule has 1 fully saturated rings. The lowest BCUT2D eigenvalue weighted by Gasteiger charge is -2.32. The standard InChI is InChI=1S/C12H19N3/c1-15-8-5-10(6-9-15)12(13)11-4-2-3-7-14-11/h2-4,7,10,12H,5-6,8-9,13H2,1H3. The van der Waals surface area contributed by atoms with Gasteiger partial charge in [0.05, 0.1) is 5.69 Å². The number of pyridine rings is 1. The van der Waals surface area contributed by atoms with E-state index in [1.807, 2.05) is 24.4 Å². The fourth-order valence-corrected chi connectivity index (χ4v) is 2.20. The molecule has 15 heavy (non-hydrogen) atoms. The van der Waals surface area contributed by atoms with Gasteiger partial charge in [-0.2, -0.15) is 0 Å². The Bertz CT molecular complexity index is 291. The number of hydrogen-bond donors (Lipinski definition) is 1. The minimum absolute atomic E-state index is 0.111. The first-order valence-corrected chi connectivity index (χ1v) is 5.62. The first-order chi connectivity index (χ1) is 7.27. The van der Waals surface area contributed by atoms with Crippen molar-refractivity contribution >= 4 is 0 Å². The predicted molar refractivity (Wildman–Crippen MR) is 61.4 cm³/mol. The number of hydrogen-bond acceptors (Lipinski definition) is 3. The van der Waals surface area contributed by atoms with Gasteiger partial charge in [0.25, 0.3) is 0 Å². The Morgan fingerprint density at radius 2 is 2.13 bits per heavy atom. The average Bonchev–Trinajstić information content (AvgIpc) is 2.30. The highest BCUT2D eigenvalue weighted by molar-refractivity contribution is 5.09. The minimum atomic E-state index is 0.111. The zero-order valence-electron chi connectivity index (χ0n) is 9.26. The first kappa shape index (κ1) is 10.6. The molecule has 0 aliphatic carbocycles. The third-order valence-electron chi connectivity index (χ3n) is 3.30. The summed E-state index contributed by atoms with van der Waals surface area (Å²) in [5.41, 5.74) is 7.27. The molecule has 3 heteroatoms. The summed E-state index contributed by atoms with van der Waals surface area (Å²) in [5, 5.41) is 0. The molecule has 3 nitrogen and oxygen atoms in total. The maximum Gasteiger partial charge on any atom is 0.0573 e. The van der Waals surface area contributed by atoms with E-state index in [1.165, 1.54) is 12.8 Å². The van der Waals surface area contributed by atoms with E-state index in [4.69, 9.17) is 5.73 Å². The van der Waals surface area contributed by atoms with Crippen LogP contribution in [-0.2, 0) is 0 Å². The smallest absolute Gasteiger partial charge is 0.0573 e. The van der Waals surface area contributed by atoms with Gasteiger partial charge in [0.2, 0.25) is 0 Å².